The lowest BCUT2D eigenvalue weighted by molar-refractivity contribution is -0.134. The van der Waals surface area contributed by atoms with Gasteiger partial charge < -0.3 is 25.3 Å². The molecule has 2 aromatic carbocycles. The van der Waals surface area contributed by atoms with Crippen LogP contribution in [0, 0.1) is 5.92 Å². The third kappa shape index (κ3) is 6.20. The summed E-state index contributed by atoms with van der Waals surface area (Å²) in [5.74, 6) is -0.365. The van der Waals surface area contributed by atoms with Gasteiger partial charge in [0.1, 0.15) is 0 Å². The lowest BCUT2D eigenvalue weighted by Gasteiger charge is -2.36. The maximum Gasteiger partial charge on any atom is 0.321 e. The molecule has 34 heavy (non-hydrogen) atoms. The molecule has 0 bridgehead atoms. The van der Waals surface area contributed by atoms with Crippen LogP contribution in [0.3, 0.4) is 0 Å². The summed E-state index contributed by atoms with van der Waals surface area (Å²) < 4.78 is 0. The van der Waals surface area contributed by atoms with Gasteiger partial charge in [0, 0.05) is 61.6 Å². The van der Waals surface area contributed by atoms with Crippen LogP contribution in [0.5, 0.6) is 0 Å². The Hall–Kier alpha value is -3.26. The van der Waals surface area contributed by atoms with Gasteiger partial charge in [0.2, 0.25) is 11.8 Å². The number of urea groups is 1. The van der Waals surface area contributed by atoms with Crippen molar-refractivity contribution in [2.24, 2.45) is 5.92 Å². The molecule has 0 unspecified atom stereocenters. The molecule has 0 aliphatic carbocycles. The number of hydrogen-bond donors (Lipinski definition) is 2. The Kier molecular flexibility index (Phi) is 7.90. The van der Waals surface area contributed by atoms with Gasteiger partial charge in [-0.25, -0.2) is 4.79 Å². The van der Waals surface area contributed by atoms with Gasteiger partial charge in [-0.1, -0.05) is 29.8 Å². The summed E-state index contributed by atoms with van der Waals surface area (Å²) in [4.78, 5) is 43.4. The normalized spacial score (nSPS) is 16.8. The fourth-order valence-corrected chi connectivity index (χ4v) is 4.48. The van der Waals surface area contributed by atoms with Gasteiger partial charge in [-0.15, -0.1) is 0 Å². The quantitative estimate of drug-likeness (QED) is 0.684. The summed E-state index contributed by atoms with van der Waals surface area (Å²) in [5, 5.41) is 6.38. The van der Waals surface area contributed by atoms with Crippen LogP contribution >= 0.6 is 11.6 Å². The third-order valence-corrected chi connectivity index (χ3v) is 6.67. The Labute approximate surface area is 204 Å². The first-order valence-electron chi connectivity index (χ1n) is 11.7. The summed E-state index contributed by atoms with van der Waals surface area (Å²) in [6.07, 6.45) is 1.17. The average molecular weight is 484 g/mol. The maximum atomic E-state index is 12.6. The number of anilines is 2. The summed E-state index contributed by atoms with van der Waals surface area (Å²) in [5.41, 5.74) is 1.84. The molecule has 8 nitrogen and oxygen atoms in total. The van der Waals surface area contributed by atoms with Crippen molar-refractivity contribution < 1.29 is 14.4 Å². The fraction of sp³-hybridized carbons (Fsp3) is 0.400. The van der Waals surface area contributed by atoms with Gasteiger partial charge >= 0.3 is 6.03 Å². The van der Waals surface area contributed by atoms with Crippen LogP contribution in [0.1, 0.15) is 12.8 Å². The number of para-hydroxylation sites is 1. The summed E-state index contributed by atoms with van der Waals surface area (Å²) >= 11 is 5.96. The Morgan fingerprint density at radius 2 is 1.47 bits per heavy atom. The number of rotatable bonds is 5. The zero-order valence-electron chi connectivity index (χ0n) is 19.1. The monoisotopic (exact) mass is 483 g/mol. The minimum Gasteiger partial charge on any atom is -0.368 e. The summed E-state index contributed by atoms with van der Waals surface area (Å²) in [6.45, 7) is 3.75. The zero-order valence-corrected chi connectivity index (χ0v) is 19.8. The van der Waals surface area contributed by atoms with Crippen LogP contribution in [-0.4, -0.2) is 73.5 Å². The Bertz CT molecular complexity index is 985. The molecule has 9 heteroatoms. The van der Waals surface area contributed by atoms with Crippen LogP contribution in [0.4, 0.5) is 16.2 Å². The molecular weight excluding hydrogens is 454 g/mol. The summed E-state index contributed by atoms with van der Waals surface area (Å²) in [7, 11) is 0. The number of likely N-dealkylation sites (tertiary alicyclic amines) is 1. The molecular formula is C25H30ClN5O3. The zero-order chi connectivity index (χ0) is 23.9. The standard InChI is InChI=1S/C25H30ClN5O3/c26-20-6-8-22(9-7-20)29-14-16-30(17-15-29)23(32)18-27-24(33)19-10-12-31(13-11-19)25(34)28-21-4-2-1-3-5-21/h1-9,19H,10-18H2,(H,27,33)(H,28,34). The van der Waals surface area contributed by atoms with E-state index in [1.54, 1.807) is 9.80 Å². The van der Waals surface area contributed by atoms with Crippen LogP contribution in [0.15, 0.2) is 54.6 Å². The van der Waals surface area contributed by atoms with Crippen molar-refractivity contribution in [3.63, 3.8) is 0 Å². The largest absolute Gasteiger partial charge is 0.368 e. The molecule has 4 rings (SSSR count). The predicted molar refractivity (Wildman–Crippen MR) is 133 cm³/mol. The number of carbonyl (C=O) groups is 3. The van der Waals surface area contributed by atoms with E-state index in [0.717, 1.165) is 24.5 Å². The highest BCUT2D eigenvalue weighted by atomic mass is 35.5. The molecule has 4 amide bonds. The van der Waals surface area contributed by atoms with Crippen molar-refractivity contribution in [1.29, 1.82) is 0 Å². The summed E-state index contributed by atoms with van der Waals surface area (Å²) in [6, 6.07) is 16.9. The molecule has 2 saturated heterocycles. The molecule has 2 N–H and O–H groups in total. The number of hydrogen-bond acceptors (Lipinski definition) is 4. The van der Waals surface area contributed by atoms with E-state index in [1.807, 2.05) is 54.6 Å². The van der Waals surface area contributed by atoms with E-state index in [1.165, 1.54) is 0 Å². The Balaban J connectivity index is 1.15. The van der Waals surface area contributed by atoms with Gasteiger partial charge in [-0.2, -0.15) is 0 Å². The first kappa shape index (κ1) is 23.9. The molecule has 0 aromatic heterocycles. The van der Waals surface area contributed by atoms with Crippen LogP contribution in [0.2, 0.25) is 5.02 Å². The van der Waals surface area contributed by atoms with Gasteiger partial charge in [0.25, 0.3) is 0 Å². The average Bonchev–Trinajstić information content (AvgIpc) is 2.88. The van der Waals surface area contributed by atoms with Crippen molar-refractivity contribution in [2.45, 2.75) is 12.8 Å². The van der Waals surface area contributed by atoms with Gasteiger partial charge in [-0.3, -0.25) is 9.59 Å². The van der Waals surface area contributed by atoms with Crippen molar-refractivity contribution in [2.75, 3.05) is 56.0 Å². The lowest BCUT2D eigenvalue weighted by atomic mass is 9.96. The number of amides is 4. The number of nitrogens with one attached hydrogen (secondary N) is 2. The van der Waals surface area contributed by atoms with E-state index in [2.05, 4.69) is 15.5 Å². The Morgan fingerprint density at radius 3 is 2.12 bits per heavy atom. The second-order valence-corrected chi connectivity index (χ2v) is 9.06. The lowest BCUT2D eigenvalue weighted by Crippen LogP contribution is -2.52. The molecule has 0 spiro atoms. The van der Waals surface area contributed by atoms with E-state index < -0.39 is 0 Å². The number of halogens is 1. The SMILES string of the molecule is O=C(NCC(=O)N1CCN(c2ccc(Cl)cc2)CC1)C1CCN(C(=O)Nc2ccccc2)CC1. The van der Waals surface area contributed by atoms with Crippen molar-refractivity contribution in [3.8, 4) is 0 Å². The number of carbonyl (C=O) groups excluding carboxylic acids is 3. The molecule has 0 atom stereocenters. The highest BCUT2D eigenvalue weighted by molar-refractivity contribution is 6.30. The molecule has 180 valence electrons. The molecule has 2 aliphatic rings. The first-order chi connectivity index (χ1) is 16.5. The number of piperazine rings is 1. The van der Waals surface area contributed by atoms with Crippen molar-refractivity contribution >= 4 is 40.8 Å². The van der Waals surface area contributed by atoms with Crippen molar-refractivity contribution in [3.05, 3.63) is 59.6 Å². The van der Waals surface area contributed by atoms with Crippen LogP contribution < -0.4 is 15.5 Å². The molecule has 0 saturated carbocycles. The van der Waals surface area contributed by atoms with Crippen LogP contribution in [-0.2, 0) is 9.59 Å². The Morgan fingerprint density at radius 1 is 0.824 bits per heavy atom. The van der Waals surface area contributed by atoms with E-state index >= 15 is 0 Å². The number of piperidine rings is 1. The van der Waals surface area contributed by atoms with Gasteiger partial charge in [0.15, 0.2) is 0 Å². The minimum atomic E-state index is -0.185. The molecule has 2 aromatic rings. The molecule has 2 heterocycles. The second kappa shape index (κ2) is 11.2. The number of benzene rings is 2. The van der Waals surface area contributed by atoms with Gasteiger partial charge in [0.05, 0.1) is 6.54 Å². The van der Waals surface area contributed by atoms with Gasteiger partial charge in [-0.05, 0) is 49.2 Å². The molecule has 2 fully saturated rings. The highest BCUT2D eigenvalue weighted by Gasteiger charge is 2.28. The number of nitrogens with zero attached hydrogens (tertiary/aromatic N) is 3. The van der Waals surface area contributed by atoms with E-state index in [0.29, 0.717) is 44.0 Å². The van der Waals surface area contributed by atoms with E-state index in [-0.39, 0.29) is 30.3 Å². The van der Waals surface area contributed by atoms with Crippen molar-refractivity contribution in [1.82, 2.24) is 15.1 Å². The predicted octanol–water partition coefficient (Wildman–Crippen LogP) is 3.05. The topological polar surface area (TPSA) is 85.0 Å². The highest BCUT2D eigenvalue weighted by Crippen LogP contribution is 2.20. The van der Waals surface area contributed by atoms with E-state index in [9.17, 15) is 14.4 Å². The van der Waals surface area contributed by atoms with E-state index in [4.69, 9.17) is 11.6 Å². The first-order valence-corrected chi connectivity index (χ1v) is 12.0. The second-order valence-electron chi connectivity index (χ2n) is 8.62. The molecule has 2 aliphatic heterocycles. The van der Waals surface area contributed by atoms with Crippen LogP contribution in [0.25, 0.3) is 0 Å². The molecule has 0 radical (unpaired) electrons. The fourth-order valence-electron chi connectivity index (χ4n) is 4.35. The minimum absolute atomic E-state index is 0.00842. The third-order valence-electron chi connectivity index (χ3n) is 6.42. The maximum absolute atomic E-state index is 12.6. The smallest absolute Gasteiger partial charge is 0.321 e.